The number of sulfonamides is 1. The Bertz CT molecular complexity index is 635. The molecule has 1 aromatic heterocycles. The van der Waals surface area contributed by atoms with Crippen molar-refractivity contribution in [1.29, 1.82) is 0 Å². The third-order valence-electron chi connectivity index (χ3n) is 5.27. The molecule has 0 spiro atoms. The highest BCUT2D eigenvalue weighted by molar-refractivity contribution is 7.89. The largest absolute Gasteiger partial charge is 0.295 e. The molecule has 1 atom stereocenters. The molecule has 7 heteroatoms. The summed E-state index contributed by atoms with van der Waals surface area (Å²) in [5, 5.41) is 4.71. The molecule has 2 fully saturated rings. The van der Waals surface area contributed by atoms with Gasteiger partial charge in [-0.15, -0.1) is 0 Å². The molecule has 130 valence electrons. The molecule has 0 amide bonds. The molecule has 1 N–H and O–H groups in total. The molecule has 1 aliphatic carbocycles. The van der Waals surface area contributed by atoms with Crippen molar-refractivity contribution in [2.24, 2.45) is 7.05 Å². The number of hydrogen-bond acceptors (Lipinski definition) is 4. The Morgan fingerprint density at radius 1 is 1.26 bits per heavy atom. The van der Waals surface area contributed by atoms with Crippen molar-refractivity contribution < 1.29 is 8.42 Å². The predicted octanol–water partition coefficient (Wildman–Crippen LogP) is 1.59. The maximum atomic E-state index is 11.9. The Morgan fingerprint density at radius 2 is 2.00 bits per heavy atom. The van der Waals surface area contributed by atoms with Crippen LogP contribution in [-0.2, 0) is 23.6 Å². The molecule has 1 unspecified atom stereocenters. The summed E-state index contributed by atoms with van der Waals surface area (Å²) in [5.41, 5.74) is 2.53. The van der Waals surface area contributed by atoms with Crippen molar-refractivity contribution in [1.82, 2.24) is 19.4 Å². The van der Waals surface area contributed by atoms with Crippen LogP contribution in [0.2, 0.25) is 0 Å². The molecule has 1 aromatic rings. The summed E-state index contributed by atoms with van der Waals surface area (Å²) in [5.74, 6) is 0.788. The van der Waals surface area contributed by atoms with Gasteiger partial charge < -0.3 is 0 Å². The van der Waals surface area contributed by atoms with Gasteiger partial charge in [0.25, 0.3) is 0 Å². The zero-order chi connectivity index (χ0) is 16.4. The Kier molecular flexibility index (Phi) is 5.08. The fourth-order valence-corrected chi connectivity index (χ4v) is 5.12. The zero-order valence-electron chi connectivity index (χ0n) is 14.2. The van der Waals surface area contributed by atoms with E-state index in [2.05, 4.69) is 15.8 Å². The van der Waals surface area contributed by atoms with E-state index in [0.717, 1.165) is 25.9 Å². The normalized spacial score (nSPS) is 23.8. The highest BCUT2D eigenvalue weighted by atomic mass is 32.2. The summed E-state index contributed by atoms with van der Waals surface area (Å²) in [6.07, 6.45) is 9.22. The average Bonchev–Trinajstić information content (AvgIpc) is 3.21. The summed E-state index contributed by atoms with van der Waals surface area (Å²) >= 11 is 0. The van der Waals surface area contributed by atoms with E-state index in [4.69, 9.17) is 5.10 Å². The van der Waals surface area contributed by atoms with Crippen molar-refractivity contribution in [3.05, 3.63) is 17.5 Å². The van der Waals surface area contributed by atoms with Crippen LogP contribution in [0.15, 0.2) is 6.20 Å². The second-order valence-corrected chi connectivity index (χ2v) is 8.92. The molecule has 2 aliphatic rings. The summed E-state index contributed by atoms with van der Waals surface area (Å²) < 4.78 is 28.1. The molecule has 0 aromatic carbocycles. The van der Waals surface area contributed by atoms with Gasteiger partial charge in [0.2, 0.25) is 10.0 Å². The third-order valence-corrected chi connectivity index (χ3v) is 6.72. The van der Waals surface area contributed by atoms with Gasteiger partial charge in [-0.2, -0.15) is 5.10 Å². The van der Waals surface area contributed by atoms with Crippen molar-refractivity contribution in [2.75, 3.05) is 19.3 Å². The van der Waals surface area contributed by atoms with Gasteiger partial charge in [-0.1, -0.05) is 12.8 Å². The van der Waals surface area contributed by atoms with E-state index >= 15 is 0 Å². The first kappa shape index (κ1) is 16.9. The van der Waals surface area contributed by atoms with Gasteiger partial charge in [-0.3, -0.25) is 9.58 Å². The van der Waals surface area contributed by atoms with Gasteiger partial charge in [-0.25, -0.2) is 13.1 Å². The highest BCUT2D eigenvalue weighted by Gasteiger charge is 2.31. The maximum absolute atomic E-state index is 11.9. The van der Waals surface area contributed by atoms with Gasteiger partial charge in [0, 0.05) is 37.3 Å². The van der Waals surface area contributed by atoms with Crippen LogP contribution in [0.25, 0.3) is 0 Å². The minimum absolute atomic E-state index is 0.115. The number of aromatic nitrogens is 2. The van der Waals surface area contributed by atoms with E-state index in [1.54, 1.807) is 0 Å². The van der Waals surface area contributed by atoms with Crippen LogP contribution >= 0.6 is 0 Å². The predicted molar refractivity (Wildman–Crippen MR) is 90.7 cm³/mol. The van der Waals surface area contributed by atoms with Crippen molar-refractivity contribution in [2.45, 2.75) is 57.0 Å². The van der Waals surface area contributed by atoms with E-state index in [1.165, 1.54) is 44.0 Å². The molecule has 2 heterocycles. The molecule has 3 rings (SSSR count). The van der Waals surface area contributed by atoms with Crippen molar-refractivity contribution in [3.8, 4) is 0 Å². The standard InChI is InChI=1S/C16H28N4O2S/c1-17-23(21,22)12-15-8-5-9-20(15)11-14-10-19(2)18-16(14)13-6-3-4-7-13/h10,13,15,17H,3-9,11-12H2,1-2H3. The fourth-order valence-electron chi connectivity index (χ4n) is 4.07. The third kappa shape index (κ3) is 3.95. The van der Waals surface area contributed by atoms with Crippen LogP contribution in [0.4, 0.5) is 0 Å². The number of nitrogens with one attached hydrogen (secondary N) is 1. The second-order valence-electron chi connectivity index (χ2n) is 6.95. The van der Waals surface area contributed by atoms with E-state index < -0.39 is 10.0 Å². The van der Waals surface area contributed by atoms with E-state index in [-0.39, 0.29) is 11.8 Å². The molecule has 1 saturated heterocycles. The molecule has 0 bridgehead atoms. The molecule has 6 nitrogen and oxygen atoms in total. The minimum Gasteiger partial charge on any atom is -0.295 e. The average molecular weight is 340 g/mol. The molecular weight excluding hydrogens is 312 g/mol. The summed E-state index contributed by atoms with van der Waals surface area (Å²) in [4.78, 5) is 2.32. The van der Waals surface area contributed by atoms with Crippen LogP contribution in [-0.4, -0.2) is 48.5 Å². The first-order valence-corrected chi connectivity index (χ1v) is 10.3. The van der Waals surface area contributed by atoms with Crippen LogP contribution < -0.4 is 4.72 Å². The lowest BCUT2D eigenvalue weighted by molar-refractivity contribution is 0.260. The first-order chi connectivity index (χ1) is 11.0. The van der Waals surface area contributed by atoms with Crippen LogP contribution in [0.5, 0.6) is 0 Å². The van der Waals surface area contributed by atoms with Crippen LogP contribution in [0.3, 0.4) is 0 Å². The molecule has 23 heavy (non-hydrogen) atoms. The van der Waals surface area contributed by atoms with Gasteiger partial charge in [0.05, 0.1) is 11.4 Å². The maximum Gasteiger partial charge on any atom is 0.212 e. The summed E-state index contributed by atoms with van der Waals surface area (Å²) in [6, 6.07) is 0.115. The number of likely N-dealkylation sites (tertiary alicyclic amines) is 1. The number of rotatable bonds is 6. The topological polar surface area (TPSA) is 67.2 Å². The van der Waals surface area contributed by atoms with Gasteiger partial charge >= 0.3 is 0 Å². The fraction of sp³-hybridized carbons (Fsp3) is 0.812. The van der Waals surface area contributed by atoms with Gasteiger partial charge in [0.1, 0.15) is 0 Å². The van der Waals surface area contributed by atoms with E-state index in [1.807, 2.05) is 11.7 Å². The van der Waals surface area contributed by atoms with E-state index in [0.29, 0.717) is 5.92 Å². The van der Waals surface area contributed by atoms with Gasteiger partial charge in [0.15, 0.2) is 0 Å². The lowest BCUT2D eigenvalue weighted by Crippen LogP contribution is -2.38. The Hall–Kier alpha value is -0.920. The smallest absolute Gasteiger partial charge is 0.212 e. The molecule has 0 radical (unpaired) electrons. The lowest BCUT2D eigenvalue weighted by Gasteiger charge is -2.24. The number of hydrogen-bond donors (Lipinski definition) is 1. The van der Waals surface area contributed by atoms with Gasteiger partial charge in [-0.05, 0) is 39.3 Å². The van der Waals surface area contributed by atoms with Crippen LogP contribution in [0, 0.1) is 0 Å². The van der Waals surface area contributed by atoms with Crippen molar-refractivity contribution >= 4 is 10.0 Å². The number of aryl methyl sites for hydroxylation is 1. The Balaban J connectivity index is 1.73. The second kappa shape index (κ2) is 6.91. The summed E-state index contributed by atoms with van der Waals surface area (Å²) in [6.45, 7) is 1.80. The molecule has 1 aliphatic heterocycles. The lowest BCUT2D eigenvalue weighted by atomic mass is 10.00. The first-order valence-electron chi connectivity index (χ1n) is 8.66. The zero-order valence-corrected chi connectivity index (χ0v) is 15.0. The van der Waals surface area contributed by atoms with E-state index in [9.17, 15) is 8.42 Å². The van der Waals surface area contributed by atoms with Crippen molar-refractivity contribution in [3.63, 3.8) is 0 Å². The SMILES string of the molecule is CNS(=O)(=O)CC1CCCN1Cc1cn(C)nc1C1CCCC1. The highest BCUT2D eigenvalue weighted by Crippen LogP contribution is 2.35. The molecule has 1 saturated carbocycles. The van der Waals surface area contributed by atoms with Crippen LogP contribution in [0.1, 0.15) is 55.7 Å². The Morgan fingerprint density at radius 3 is 2.70 bits per heavy atom. The number of nitrogens with zero attached hydrogens (tertiary/aromatic N) is 3. The molecular formula is C16H28N4O2S. The summed E-state index contributed by atoms with van der Waals surface area (Å²) in [7, 11) is 0.314. The Labute approximate surface area is 139 Å². The minimum atomic E-state index is -3.16. The monoisotopic (exact) mass is 340 g/mol. The quantitative estimate of drug-likeness (QED) is 0.854.